The average molecular weight is 280 g/mol. The monoisotopic (exact) mass is 280 g/mol. The number of nitrogens with one attached hydrogen (secondary N) is 1. The maximum atomic E-state index is 6.27. The molecule has 0 fully saturated rings. The highest BCUT2D eigenvalue weighted by Gasteiger charge is 2.29. The molecular weight excluding hydrogens is 256 g/mol. The minimum Gasteiger partial charge on any atom is -0.378 e. The third-order valence-corrected chi connectivity index (χ3v) is 4.33. The summed E-state index contributed by atoms with van der Waals surface area (Å²) < 4.78 is 0. The van der Waals surface area contributed by atoms with Gasteiger partial charge in [0.1, 0.15) is 0 Å². The molecule has 1 aliphatic rings. The van der Waals surface area contributed by atoms with Crippen LogP contribution in [-0.4, -0.2) is 0 Å². The van der Waals surface area contributed by atoms with Crippen LogP contribution in [0.4, 0.5) is 5.69 Å². The number of fused-ring (bicyclic) bond motifs is 1. The second kappa shape index (κ2) is 5.19. The molecule has 2 unspecified atom stereocenters. The molecule has 2 aromatic carbocycles. The summed E-state index contributed by atoms with van der Waals surface area (Å²) in [6, 6.07) is 17.6. The molecule has 0 aliphatic heterocycles. The van der Waals surface area contributed by atoms with Crippen molar-refractivity contribution in [3.05, 3.63) is 65.2 Å². The molecule has 1 aliphatic carbocycles. The lowest BCUT2D eigenvalue weighted by molar-refractivity contribution is 0.588. The standard InChI is InChI=1S/C19H24N2/c1-19(2,3)15-10-6-7-11-17(15)21-18-12-16(20)13-8-4-5-9-14(13)18/h4-11,16,18,21H,12,20H2,1-3H3. The Morgan fingerprint density at radius 2 is 1.57 bits per heavy atom. The molecule has 0 saturated carbocycles. The maximum absolute atomic E-state index is 6.27. The number of anilines is 1. The van der Waals surface area contributed by atoms with Crippen molar-refractivity contribution >= 4 is 5.69 Å². The quantitative estimate of drug-likeness (QED) is 0.847. The fourth-order valence-electron chi connectivity index (χ4n) is 3.26. The first kappa shape index (κ1) is 14.2. The molecule has 3 N–H and O–H groups in total. The molecule has 0 radical (unpaired) electrons. The smallest absolute Gasteiger partial charge is 0.0535 e. The third-order valence-electron chi connectivity index (χ3n) is 4.33. The molecule has 2 nitrogen and oxygen atoms in total. The predicted molar refractivity (Wildman–Crippen MR) is 89.5 cm³/mol. The Morgan fingerprint density at radius 3 is 2.29 bits per heavy atom. The van der Waals surface area contributed by atoms with Crippen LogP contribution in [0.2, 0.25) is 0 Å². The van der Waals surface area contributed by atoms with Crippen molar-refractivity contribution in [1.82, 2.24) is 0 Å². The number of hydrogen-bond acceptors (Lipinski definition) is 2. The fourth-order valence-corrected chi connectivity index (χ4v) is 3.26. The molecule has 3 rings (SSSR count). The summed E-state index contributed by atoms with van der Waals surface area (Å²) in [7, 11) is 0. The number of benzene rings is 2. The number of hydrogen-bond donors (Lipinski definition) is 2. The highest BCUT2D eigenvalue weighted by molar-refractivity contribution is 5.56. The number of rotatable bonds is 2. The van der Waals surface area contributed by atoms with E-state index in [2.05, 4.69) is 74.6 Å². The lowest BCUT2D eigenvalue weighted by Gasteiger charge is -2.26. The first-order valence-electron chi connectivity index (χ1n) is 7.67. The van der Waals surface area contributed by atoms with Crippen molar-refractivity contribution in [2.24, 2.45) is 5.73 Å². The van der Waals surface area contributed by atoms with E-state index in [0.29, 0.717) is 6.04 Å². The van der Waals surface area contributed by atoms with E-state index in [9.17, 15) is 0 Å². The zero-order valence-corrected chi connectivity index (χ0v) is 13.1. The summed E-state index contributed by atoms with van der Waals surface area (Å²) in [4.78, 5) is 0. The average Bonchev–Trinajstić information content (AvgIpc) is 2.76. The van der Waals surface area contributed by atoms with E-state index in [4.69, 9.17) is 5.73 Å². The van der Waals surface area contributed by atoms with E-state index >= 15 is 0 Å². The highest BCUT2D eigenvalue weighted by atomic mass is 14.9. The zero-order chi connectivity index (χ0) is 15.0. The zero-order valence-electron chi connectivity index (χ0n) is 13.1. The normalized spacial score (nSPS) is 21.1. The van der Waals surface area contributed by atoms with Crippen LogP contribution in [0.5, 0.6) is 0 Å². The molecule has 0 amide bonds. The molecule has 21 heavy (non-hydrogen) atoms. The molecule has 0 aromatic heterocycles. The second-order valence-corrected chi connectivity index (χ2v) is 6.96. The molecular formula is C19H24N2. The van der Waals surface area contributed by atoms with E-state index in [1.54, 1.807) is 0 Å². The van der Waals surface area contributed by atoms with Crippen LogP contribution >= 0.6 is 0 Å². The van der Waals surface area contributed by atoms with Crippen molar-refractivity contribution < 1.29 is 0 Å². The van der Waals surface area contributed by atoms with Crippen molar-refractivity contribution in [2.75, 3.05) is 5.32 Å². The molecule has 0 spiro atoms. The molecule has 0 bridgehead atoms. The van der Waals surface area contributed by atoms with Crippen molar-refractivity contribution in [3.8, 4) is 0 Å². The van der Waals surface area contributed by atoms with Crippen molar-refractivity contribution in [2.45, 2.75) is 44.7 Å². The van der Waals surface area contributed by atoms with Gasteiger partial charge in [0.25, 0.3) is 0 Å². The van der Waals surface area contributed by atoms with Gasteiger partial charge in [0.05, 0.1) is 6.04 Å². The van der Waals surface area contributed by atoms with E-state index < -0.39 is 0 Å². The predicted octanol–water partition coefficient (Wildman–Crippen LogP) is 4.54. The van der Waals surface area contributed by atoms with Gasteiger partial charge in [-0.05, 0) is 34.6 Å². The molecule has 2 atom stereocenters. The molecule has 0 heterocycles. The first-order valence-corrected chi connectivity index (χ1v) is 7.67. The molecule has 2 heteroatoms. The van der Waals surface area contributed by atoms with Crippen LogP contribution in [0.15, 0.2) is 48.5 Å². The lowest BCUT2D eigenvalue weighted by atomic mass is 9.85. The Hall–Kier alpha value is -1.80. The SMILES string of the molecule is CC(C)(C)c1ccccc1NC1CC(N)c2ccccc21. The Kier molecular flexibility index (Phi) is 3.50. The van der Waals surface area contributed by atoms with Crippen molar-refractivity contribution in [3.63, 3.8) is 0 Å². The third kappa shape index (κ3) is 2.68. The van der Waals surface area contributed by atoms with Crippen LogP contribution in [0.25, 0.3) is 0 Å². The van der Waals surface area contributed by atoms with Crippen LogP contribution in [-0.2, 0) is 5.41 Å². The minimum atomic E-state index is 0.129. The van der Waals surface area contributed by atoms with E-state index in [0.717, 1.165) is 6.42 Å². The number of nitrogens with two attached hydrogens (primary N) is 1. The second-order valence-electron chi connectivity index (χ2n) is 6.96. The van der Waals surface area contributed by atoms with Gasteiger partial charge in [-0.1, -0.05) is 63.2 Å². The Morgan fingerprint density at radius 1 is 0.952 bits per heavy atom. The Balaban J connectivity index is 1.93. The summed E-state index contributed by atoms with van der Waals surface area (Å²) >= 11 is 0. The van der Waals surface area contributed by atoms with Gasteiger partial charge in [-0.3, -0.25) is 0 Å². The minimum absolute atomic E-state index is 0.129. The number of para-hydroxylation sites is 1. The Labute approximate surface area is 127 Å². The van der Waals surface area contributed by atoms with Gasteiger partial charge in [-0.15, -0.1) is 0 Å². The fraction of sp³-hybridized carbons (Fsp3) is 0.368. The van der Waals surface area contributed by atoms with Gasteiger partial charge >= 0.3 is 0 Å². The Bertz CT molecular complexity index is 640. The van der Waals surface area contributed by atoms with Crippen LogP contribution in [0.3, 0.4) is 0 Å². The highest BCUT2D eigenvalue weighted by Crippen LogP contribution is 2.40. The van der Waals surface area contributed by atoms with Gasteiger partial charge in [0.2, 0.25) is 0 Å². The first-order chi connectivity index (χ1) is 9.97. The van der Waals surface area contributed by atoms with E-state index in [1.165, 1.54) is 22.4 Å². The van der Waals surface area contributed by atoms with Gasteiger partial charge in [0.15, 0.2) is 0 Å². The topological polar surface area (TPSA) is 38.0 Å². The van der Waals surface area contributed by atoms with Crippen molar-refractivity contribution in [1.29, 1.82) is 0 Å². The van der Waals surface area contributed by atoms with Gasteiger partial charge < -0.3 is 11.1 Å². The molecule has 0 saturated heterocycles. The molecule has 2 aromatic rings. The largest absolute Gasteiger partial charge is 0.378 e. The van der Waals surface area contributed by atoms with Gasteiger partial charge in [-0.2, -0.15) is 0 Å². The van der Waals surface area contributed by atoms with E-state index in [-0.39, 0.29) is 11.5 Å². The van der Waals surface area contributed by atoms with Crippen LogP contribution < -0.4 is 11.1 Å². The van der Waals surface area contributed by atoms with Gasteiger partial charge in [0, 0.05) is 11.7 Å². The van der Waals surface area contributed by atoms with Gasteiger partial charge in [-0.25, -0.2) is 0 Å². The summed E-state index contributed by atoms with van der Waals surface area (Å²) in [6.45, 7) is 6.76. The lowest BCUT2D eigenvalue weighted by Crippen LogP contribution is -2.17. The summed E-state index contributed by atoms with van der Waals surface area (Å²) in [6.07, 6.45) is 0.956. The summed E-state index contributed by atoms with van der Waals surface area (Å²) in [5.74, 6) is 0. The van der Waals surface area contributed by atoms with Crippen LogP contribution in [0.1, 0.15) is 56.0 Å². The van der Waals surface area contributed by atoms with E-state index in [1.807, 2.05) is 0 Å². The summed E-state index contributed by atoms with van der Waals surface area (Å²) in [5.41, 5.74) is 11.6. The molecule has 110 valence electrons. The maximum Gasteiger partial charge on any atom is 0.0535 e. The van der Waals surface area contributed by atoms with Crippen LogP contribution in [0, 0.1) is 0 Å². The summed E-state index contributed by atoms with van der Waals surface area (Å²) in [5, 5.41) is 3.72.